The molecule has 18 heavy (non-hydrogen) atoms. The fourth-order valence-corrected chi connectivity index (χ4v) is 3.22. The Morgan fingerprint density at radius 1 is 1.33 bits per heavy atom. The molecule has 0 aromatic carbocycles. The molecule has 0 N–H and O–H groups in total. The second-order valence-corrected chi connectivity index (χ2v) is 8.32. The molecule has 0 radical (unpaired) electrons. The summed E-state index contributed by atoms with van der Waals surface area (Å²) in [5, 5.41) is 0. The molecule has 1 unspecified atom stereocenters. The molecule has 1 rings (SSSR count). The summed E-state index contributed by atoms with van der Waals surface area (Å²) in [7, 11) is -3.08. The molecule has 1 heterocycles. The Morgan fingerprint density at radius 2 is 1.94 bits per heavy atom. The zero-order valence-corrected chi connectivity index (χ0v) is 12.7. The highest BCUT2D eigenvalue weighted by Crippen LogP contribution is 2.25. The molecule has 1 fully saturated rings. The van der Waals surface area contributed by atoms with E-state index in [-0.39, 0.29) is 11.2 Å². The van der Waals surface area contributed by atoms with Crippen LogP contribution in [0, 0.1) is 11.3 Å². The van der Waals surface area contributed by atoms with Gasteiger partial charge in [-0.2, -0.15) is 0 Å². The van der Waals surface area contributed by atoms with Crippen molar-refractivity contribution in [3.63, 3.8) is 0 Å². The van der Waals surface area contributed by atoms with Crippen LogP contribution in [0.5, 0.6) is 0 Å². The third kappa shape index (κ3) is 4.69. The second-order valence-electron chi connectivity index (χ2n) is 6.34. The van der Waals surface area contributed by atoms with E-state index >= 15 is 0 Å². The van der Waals surface area contributed by atoms with Gasteiger partial charge in [-0.25, -0.2) is 12.7 Å². The zero-order chi connectivity index (χ0) is 14.0. The number of sulfonamides is 1. The molecule has 0 aromatic rings. The minimum atomic E-state index is -3.08. The van der Waals surface area contributed by atoms with Crippen molar-refractivity contribution in [2.24, 2.45) is 11.3 Å². The van der Waals surface area contributed by atoms with E-state index in [4.69, 9.17) is 0 Å². The highest BCUT2D eigenvalue weighted by atomic mass is 32.2. The van der Waals surface area contributed by atoms with Crippen molar-refractivity contribution in [2.45, 2.75) is 46.5 Å². The van der Waals surface area contributed by atoms with Gasteiger partial charge in [-0.1, -0.05) is 20.8 Å². The van der Waals surface area contributed by atoms with Crippen LogP contribution < -0.4 is 0 Å². The molecule has 1 atom stereocenters. The Balaban J connectivity index is 2.47. The van der Waals surface area contributed by atoms with Gasteiger partial charge in [0.15, 0.2) is 0 Å². The van der Waals surface area contributed by atoms with Gasteiger partial charge in [0.25, 0.3) is 0 Å². The lowest BCUT2D eigenvalue weighted by Crippen LogP contribution is -2.39. The highest BCUT2D eigenvalue weighted by molar-refractivity contribution is 7.88. The van der Waals surface area contributed by atoms with Crippen molar-refractivity contribution in [1.82, 2.24) is 4.31 Å². The summed E-state index contributed by atoms with van der Waals surface area (Å²) in [5.41, 5.74) is -0.287. The fourth-order valence-electron chi connectivity index (χ4n) is 2.27. The van der Waals surface area contributed by atoms with Crippen LogP contribution in [-0.4, -0.2) is 37.9 Å². The van der Waals surface area contributed by atoms with Gasteiger partial charge in [0.1, 0.15) is 5.78 Å². The summed E-state index contributed by atoms with van der Waals surface area (Å²) < 4.78 is 24.5. The Hall–Kier alpha value is -0.420. The van der Waals surface area contributed by atoms with Gasteiger partial charge in [0.05, 0.1) is 6.26 Å². The molecule has 4 nitrogen and oxygen atoms in total. The second kappa shape index (κ2) is 5.70. The van der Waals surface area contributed by atoms with Crippen molar-refractivity contribution in [3.05, 3.63) is 0 Å². The third-order valence-electron chi connectivity index (χ3n) is 3.57. The number of rotatable bonds is 4. The maximum atomic E-state index is 11.9. The van der Waals surface area contributed by atoms with Crippen LogP contribution in [0.15, 0.2) is 0 Å². The fraction of sp³-hybridized carbons (Fsp3) is 0.923. The quantitative estimate of drug-likeness (QED) is 0.789. The molecule has 0 bridgehead atoms. The molecule has 0 aromatic heterocycles. The Kier molecular flexibility index (Phi) is 4.95. The molecule has 1 saturated heterocycles. The summed E-state index contributed by atoms with van der Waals surface area (Å²) in [6, 6.07) is 0. The number of piperidine rings is 1. The van der Waals surface area contributed by atoms with E-state index in [1.54, 1.807) is 4.31 Å². The molecule has 5 heteroatoms. The van der Waals surface area contributed by atoms with E-state index in [0.717, 1.165) is 19.3 Å². The first-order valence-electron chi connectivity index (χ1n) is 6.59. The average Bonchev–Trinajstić information content (AvgIpc) is 2.23. The zero-order valence-electron chi connectivity index (χ0n) is 11.9. The maximum Gasteiger partial charge on any atom is 0.211 e. The van der Waals surface area contributed by atoms with E-state index in [1.165, 1.54) is 6.26 Å². The molecule has 106 valence electrons. The van der Waals surface area contributed by atoms with Gasteiger partial charge in [0.2, 0.25) is 10.0 Å². The van der Waals surface area contributed by atoms with Gasteiger partial charge in [-0.3, -0.25) is 4.79 Å². The predicted octanol–water partition coefficient (Wildman–Crippen LogP) is 2.05. The van der Waals surface area contributed by atoms with E-state index in [1.807, 2.05) is 20.8 Å². The van der Waals surface area contributed by atoms with Crippen molar-refractivity contribution in [3.8, 4) is 0 Å². The average molecular weight is 275 g/mol. The monoisotopic (exact) mass is 275 g/mol. The first-order chi connectivity index (χ1) is 8.10. The first-order valence-corrected chi connectivity index (χ1v) is 8.44. The molecule has 0 spiro atoms. The lowest BCUT2D eigenvalue weighted by Gasteiger charge is -2.31. The van der Waals surface area contributed by atoms with Crippen LogP contribution in [0.4, 0.5) is 0 Å². The number of ketones is 1. The normalized spacial score (nSPS) is 23.0. The topological polar surface area (TPSA) is 54.5 Å². The summed E-state index contributed by atoms with van der Waals surface area (Å²) in [6.07, 6.45) is 4.56. The van der Waals surface area contributed by atoms with E-state index in [0.29, 0.717) is 25.4 Å². The molecule has 1 aliphatic rings. The van der Waals surface area contributed by atoms with Crippen LogP contribution in [0.3, 0.4) is 0 Å². The summed E-state index contributed by atoms with van der Waals surface area (Å²) >= 11 is 0. The Labute approximate surface area is 111 Å². The first kappa shape index (κ1) is 15.6. The van der Waals surface area contributed by atoms with Crippen molar-refractivity contribution < 1.29 is 13.2 Å². The van der Waals surface area contributed by atoms with Crippen LogP contribution in [-0.2, 0) is 14.8 Å². The van der Waals surface area contributed by atoms with Crippen LogP contribution >= 0.6 is 0 Å². The predicted molar refractivity (Wildman–Crippen MR) is 72.8 cm³/mol. The van der Waals surface area contributed by atoms with Crippen LogP contribution in [0.2, 0.25) is 0 Å². The number of nitrogens with zero attached hydrogens (tertiary/aromatic N) is 1. The molecular weight excluding hydrogens is 250 g/mol. The number of carbonyl (C=O) groups is 1. The SMILES string of the molecule is CC(C)(C)C(=O)CCC1CCCN(S(C)(=O)=O)C1. The number of hydrogen-bond donors (Lipinski definition) is 0. The third-order valence-corrected chi connectivity index (χ3v) is 4.84. The van der Waals surface area contributed by atoms with E-state index < -0.39 is 10.0 Å². The number of hydrogen-bond acceptors (Lipinski definition) is 3. The van der Waals surface area contributed by atoms with Crippen molar-refractivity contribution in [2.75, 3.05) is 19.3 Å². The van der Waals surface area contributed by atoms with Crippen LogP contribution in [0.25, 0.3) is 0 Å². The van der Waals surface area contributed by atoms with Crippen molar-refractivity contribution in [1.29, 1.82) is 0 Å². The Bertz CT molecular complexity index is 395. The van der Waals surface area contributed by atoms with Gasteiger partial charge >= 0.3 is 0 Å². The lowest BCUT2D eigenvalue weighted by atomic mass is 9.85. The standard InChI is InChI=1S/C13H25NO3S/c1-13(2,3)12(15)8-7-11-6-5-9-14(10-11)18(4,16)17/h11H,5-10H2,1-4H3. The molecule has 0 aliphatic carbocycles. The summed E-state index contributed by atoms with van der Waals surface area (Å²) in [5.74, 6) is 0.596. The minimum absolute atomic E-state index is 0.263. The molecule has 0 amide bonds. The number of Topliss-reactive ketones (excluding diaryl/α,β-unsaturated/α-hetero) is 1. The largest absolute Gasteiger partial charge is 0.299 e. The lowest BCUT2D eigenvalue weighted by molar-refractivity contribution is -0.126. The van der Waals surface area contributed by atoms with Crippen molar-refractivity contribution >= 4 is 15.8 Å². The Morgan fingerprint density at radius 3 is 2.44 bits per heavy atom. The molecular formula is C13H25NO3S. The smallest absolute Gasteiger partial charge is 0.211 e. The van der Waals surface area contributed by atoms with Gasteiger partial charge in [-0.15, -0.1) is 0 Å². The number of carbonyl (C=O) groups excluding carboxylic acids is 1. The van der Waals surface area contributed by atoms with E-state index in [2.05, 4.69) is 0 Å². The van der Waals surface area contributed by atoms with Gasteiger partial charge in [-0.05, 0) is 25.2 Å². The summed E-state index contributed by atoms with van der Waals surface area (Å²) in [4.78, 5) is 11.9. The van der Waals surface area contributed by atoms with Gasteiger partial charge in [0, 0.05) is 24.9 Å². The van der Waals surface area contributed by atoms with Crippen LogP contribution in [0.1, 0.15) is 46.5 Å². The maximum absolute atomic E-state index is 11.9. The molecule has 1 aliphatic heterocycles. The van der Waals surface area contributed by atoms with Gasteiger partial charge < -0.3 is 0 Å². The summed E-state index contributed by atoms with van der Waals surface area (Å²) in [6.45, 7) is 7.00. The molecule has 0 saturated carbocycles. The minimum Gasteiger partial charge on any atom is -0.299 e. The van der Waals surface area contributed by atoms with E-state index in [9.17, 15) is 13.2 Å². The highest BCUT2D eigenvalue weighted by Gasteiger charge is 2.27.